The van der Waals surface area contributed by atoms with Gasteiger partial charge in [0, 0.05) is 19.7 Å². The van der Waals surface area contributed by atoms with E-state index in [1.165, 1.54) is 0 Å². The van der Waals surface area contributed by atoms with Gasteiger partial charge in [0.15, 0.2) is 0 Å². The predicted octanol–water partition coefficient (Wildman–Crippen LogP) is 0.524. The molecular formula is C10H13N5O2. The van der Waals surface area contributed by atoms with Crippen LogP contribution in [0, 0.1) is 6.92 Å². The summed E-state index contributed by atoms with van der Waals surface area (Å²) in [6, 6.07) is 1.66. The Morgan fingerprint density at radius 1 is 1.53 bits per heavy atom. The van der Waals surface area contributed by atoms with Gasteiger partial charge >= 0.3 is 0 Å². The van der Waals surface area contributed by atoms with Crippen molar-refractivity contribution in [3.8, 4) is 0 Å². The molecule has 0 aliphatic carbocycles. The van der Waals surface area contributed by atoms with E-state index in [2.05, 4.69) is 20.6 Å². The fraction of sp³-hybridized carbons (Fsp3) is 0.400. The second-order valence-electron chi connectivity index (χ2n) is 3.45. The zero-order valence-electron chi connectivity index (χ0n) is 9.67. The summed E-state index contributed by atoms with van der Waals surface area (Å²) in [5.41, 5.74) is 0.378. The van der Waals surface area contributed by atoms with Crippen molar-refractivity contribution < 1.29 is 9.21 Å². The van der Waals surface area contributed by atoms with E-state index in [0.29, 0.717) is 17.5 Å². The number of nitrogens with zero attached hydrogens (tertiary/aromatic N) is 4. The summed E-state index contributed by atoms with van der Waals surface area (Å²) in [6.07, 6.45) is 1.76. The first-order valence-electron chi connectivity index (χ1n) is 5.29. The molecule has 90 valence electrons. The Labute approximate surface area is 97.8 Å². The summed E-state index contributed by atoms with van der Waals surface area (Å²) in [5, 5.41) is 14.2. The maximum atomic E-state index is 11.7. The van der Waals surface area contributed by atoms with E-state index >= 15 is 0 Å². The van der Waals surface area contributed by atoms with Gasteiger partial charge in [-0.25, -0.2) is 0 Å². The molecule has 2 heterocycles. The Morgan fingerprint density at radius 3 is 2.94 bits per heavy atom. The molecule has 0 aliphatic heterocycles. The number of carbonyl (C=O) groups is 1. The lowest BCUT2D eigenvalue weighted by atomic mass is 10.4. The Kier molecular flexibility index (Phi) is 3.17. The van der Waals surface area contributed by atoms with E-state index in [4.69, 9.17) is 4.42 Å². The van der Waals surface area contributed by atoms with Crippen molar-refractivity contribution in [1.82, 2.24) is 25.3 Å². The zero-order chi connectivity index (χ0) is 12.3. The summed E-state index contributed by atoms with van der Waals surface area (Å²) >= 11 is 0. The van der Waals surface area contributed by atoms with Gasteiger partial charge in [-0.05, 0) is 13.0 Å². The Bertz CT molecular complexity index is 516. The van der Waals surface area contributed by atoms with Crippen molar-refractivity contribution in [2.45, 2.75) is 26.9 Å². The van der Waals surface area contributed by atoms with E-state index in [1.807, 2.05) is 6.92 Å². The van der Waals surface area contributed by atoms with E-state index in [-0.39, 0.29) is 12.5 Å². The number of aryl methyl sites for hydroxylation is 2. The smallest absolute Gasteiger partial charge is 0.272 e. The summed E-state index contributed by atoms with van der Waals surface area (Å²) in [5.74, 6) is 0.600. The van der Waals surface area contributed by atoms with Crippen LogP contribution in [0.15, 0.2) is 16.7 Å². The summed E-state index contributed by atoms with van der Waals surface area (Å²) < 4.78 is 6.82. The minimum absolute atomic E-state index is 0.207. The van der Waals surface area contributed by atoms with Crippen LogP contribution >= 0.6 is 0 Å². The fourth-order valence-electron chi connectivity index (χ4n) is 1.31. The van der Waals surface area contributed by atoms with Crippen LogP contribution in [0.4, 0.5) is 0 Å². The molecule has 2 rings (SSSR count). The average molecular weight is 235 g/mol. The van der Waals surface area contributed by atoms with Crippen molar-refractivity contribution in [2.24, 2.45) is 0 Å². The van der Waals surface area contributed by atoms with Crippen LogP contribution < -0.4 is 5.32 Å². The minimum atomic E-state index is -0.256. The highest BCUT2D eigenvalue weighted by molar-refractivity contribution is 5.91. The van der Waals surface area contributed by atoms with Gasteiger partial charge in [0.25, 0.3) is 5.91 Å². The molecule has 0 aromatic carbocycles. The minimum Gasteiger partial charge on any atom is -0.424 e. The Morgan fingerprint density at radius 2 is 2.35 bits per heavy atom. The van der Waals surface area contributed by atoms with Crippen LogP contribution in [0.5, 0.6) is 0 Å². The van der Waals surface area contributed by atoms with E-state index in [9.17, 15) is 4.79 Å². The first kappa shape index (κ1) is 11.3. The number of carbonyl (C=O) groups excluding carboxylic acids is 1. The molecule has 0 fully saturated rings. The van der Waals surface area contributed by atoms with Gasteiger partial charge in [0.1, 0.15) is 5.69 Å². The van der Waals surface area contributed by atoms with Crippen molar-refractivity contribution in [3.63, 3.8) is 0 Å². The Hall–Kier alpha value is -2.18. The summed E-state index contributed by atoms with van der Waals surface area (Å²) in [7, 11) is 0. The van der Waals surface area contributed by atoms with E-state index in [1.54, 1.807) is 23.9 Å². The molecule has 17 heavy (non-hydrogen) atoms. The lowest BCUT2D eigenvalue weighted by molar-refractivity contribution is 0.0941. The molecule has 0 saturated carbocycles. The average Bonchev–Trinajstić information content (AvgIpc) is 2.94. The molecule has 0 unspecified atom stereocenters. The van der Waals surface area contributed by atoms with Crippen LogP contribution in [-0.2, 0) is 13.1 Å². The number of nitrogens with one attached hydrogen (secondary N) is 1. The number of hydrogen-bond donors (Lipinski definition) is 1. The van der Waals surface area contributed by atoms with Gasteiger partial charge in [-0.2, -0.15) is 5.10 Å². The molecule has 0 radical (unpaired) electrons. The lowest BCUT2D eigenvalue weighted by Gasteiger charge is -1.98. The van der Waals surface area contributed by atoms with E-state index < -0.39 is 0 Å². The van der Waals surface area contributed by atoms with Crippen LogP contribution in [-0.4, -0.2) is 25.9 Å². The maximum absolute atomic E-state index is 11.7. The van der Waals surface area contributed by atoms with E-state index in [0.717, 1.165) is 6.54 Å². The van der Waals surface area contributed by atoms with Crippen LogP contribution in [0.2, 0.25) is 0 Å². The topological polar surface area (TPSA) is 85.8 Å². The maximum Gasteiger partial charge on any atom is 0.272 e. The molecular weight excluding hydrogens is 222 g/mol. The molecule has 0 saturated heterocycles. The quantitative estimate of drug-likeness (QED) is 0.835. The molecule has 7 heteroatoms. The fourth-order valence-corrected chi connectivity index (χ4v) is 1.31. The standard InChI is InChI=1S/C10H13N5O2/c1-3-15-5-4-8(14-15)10(16)11-6-9-13-12-7(2)17-9/h4-5H,3,6H2,1-2H3,(H,11,16). The monoisotopic (exact) mass is 235 g/mol. The summed E-state index contributed by atoms with van der Waals surface area (Å²) in [4.78, 5) is 11.7. The first-order chi connectivity index (χ1) is 8.19. The van der Waals surface area contributed by atoms with Crippen molar-refractivity contribution in [1.29, 1.82) is 0 Å². The number of hydrogen-bond acceptors (Lipinski definition) is 5. The normalized spacial score (nSPS) is 10.5. The molecule has 2 aromatic rings. The molecule has 0 atom stereocenters. The highest BCUT2D eigenvalue weighted by Crippen LogP contribution is 1.99. The first-order valence-corrected chi connectivity index (χ1v) is 5.29. The second-order valence-corrected chi connectivity index (χ2v) is 3.45. The lowest BCUT2D eigenvalue weighted by Crippen LogP contribution is -2.23. The zero-order valence-corrected chi connectivity index (χ0v) is 9.67. The third-order valence-corrected chi connectivity index (χ3v) is 2.17. The molecule has 2 aromatic heterocycles. The van der Waals surface area contributed by atoms with Crippen LogP contribution in [0.3, 0.4) is 0 Å². The van der Waals surface area contributed by atoms with Gasteiger partial charge < -0.3 is 9.73 Å². The Balaban J connectivity index is 1.93. The van der Waals surface area contributed by atoms with Crippen molar-refractivity contribution >= 4 is 5.91 Å². The number of amides is 1. The third-order valence-electron chi connectivity index (χ3n) is 2.17. The molecule has 0 spiro atoms. The van der Waals surface area contributed by atoms with Gasteiger partial charge in [-0.3, -0.25) is 9.48 Å². The molecule has 7 nitrogen and oxygen atoms in total. The number of rotatable bonds is 4. The van der Waals surface area contributed by atoms with Crippen LogP contribution in [0.25, 0.3) is 0 Å². The summed E-state index contributed by atoms with van der Waals surface area (Å²) in [6.45, 7) is 4.59. The third kappa shape index (κ3) is 2.68. The molecule has 0 aliphatic rings. The highest BCUT2D eigenvalue weighted by atomic mass is 16.4. The second kappa shape index (κ2) is 4.77. The highest BCUT2D eigenvalue weighted by Gasteiger charge is 2.10. The van der Waals surface area contributed by atoms with Crippen molar-refractivity contribution in [3.05, 3.63) is 29.7 Å². The predicted molar refractivity (Wildman–Crippen MR) is 58.1 cm³/mol. The molecule has 1 N–H and O–H groups in total. The van der Waals surface area contributed by atoms with Gasteiger partial charge in [0.2, 0.25) is 11.8 Å². The van der Waals surface area contributed by atoms with Crippen LogP contribution in [0.1, 0.15) is 29.2 Å². The number of aromatic nitrogens is 4. The SMILES string of the molecule is CCn1ccc(C(=O)NCc2nnc(C)o2)n1. The molecule has 0 bridgehead atoms. The van der Waals surface area contributed by atoms with Crippen molar-refractivity contribution in [2.75, 3.05) is 0 Å². The van der Waals surface area contributed by atoms with Gasteiger partial charge in [-0.1, -0.05) is 0 Å². The van der Waals surface area contributed by atoms with Gasteiger partial charge in [-0.15, -0.1) is 10.2 Å². The largest absolute Gasteiger partial charge is 0.424 e. The molecule has 1 amide bonds. The van der Waals surface area contributed by atoms with Gasteiger partial charge in [0.05, 0.1) is 6.54 Å².